The summed E-state index contributed by atoms with van der Waals surface area (Å²) in [6.07, 6.45) is 11.9. The van der Waals surface area contributed by atoms with Gasteiger partial charge in [0.25, 0.3) is 5.91 Å². The zero-order valence-electron chi connectivity index (χ0n) is 27.9. The standard InChI is InChI=1S/C14H17N3O2.C10H10NO3PS.C9H15NO.C2H6/c18-10-16-4-11(5-16)12-3-15-2-1-13(12)17-6-14(7-17)8-19-9-14;11-10(12)9-4-7-3-6(5-15(13)14)1-2-8(7)16-9;11-9-6-2-1-4-8-5-3-7-10(8)9;1-2/h1-3,10-11H,4-9H2;1-4,13-14H,5H2,(H2,11,12);8H,1-7H2;1-2H3. The van der Waals surface area contributed by atoms with Gasteiger partial charge in [0.1, 0.15) is 0 Å². The number of ether oxygens (including phenoxy) is 1. The van der Waals surface area contributed by atoms with E-state index in [-0.39, 0.29) is 6.16 Å². The molecule has 5 aliphatic heterocycles. The first kappa shape index (κ1) is 36.1. The highest BCUT2D eigenvalue weighted by molar-refractivity contribution is 7.44. The molecule has 0 bridgehead atoms. The minimum absolute atomic E-state index is 0.243. The number of primary amides is 1. The molecule has 260 valence electrons. The predicted octanol–water partition coefficient (Wildman–Crippen LogP) is 4.85. The second-order valence-corrected chi connectivity index (χ2v) is 15.2. The maximum absolute atomic E-state index is 11.4. The summed E-state index contributed by atoms with van der Waals surface area (Å²) in [6.45, 7) is 10.7. The Labute approximate surface area is 288 Å². The Morgan fingerprint density at radius 3 is 2.54 bits per heavy atom. The Kier molecular flexibility index (Phi) is 12.4. The average molecular weight is 698 g/mol. The fourth-order valence-electron chi connectivity index (χ4n) is 7.04. The summed E-state index contributed by atoms with van der Waals surface area (Å²) in [5.41, 5.74) is 9.04. The van der Waals surface area contributed by atoms with Gasteiger partial charge in [-0.2, -0.15) is 0 Å². The lowest BCUT2D eigenvalue weighted by molar-refractivity contribution is -0.131. The normalized spacial score (nSPS) is 20.9. The maximum atomic E-state index is 11.4. The van der Waals surface area contributed by atoms with Crippen molar-refractivity contribution >= 4 is 53.7 Å². The van der Waals surface area contributed by atoms with Crippen molar-refractivity contribution in [3.05, 3.63) is 58.7 Å². The zero-order chi connectivity index (χ0) is 34.3. The molecule has 5 aliphatic rings. The molecule has 3 amide bonds. The van der Waals surface area contributed by atoms with Crippen molar-refractivity contribution in [1.82, 2.24) is 14.8 Å². The summed E-state index contributed by atoms with van der Waals surface area (Å²) >= 11 is 1.34. The van der Waals surface area contributed by atoms with E-state index in [2.05, 4.69) is 20.9 Å². The van der Waals surface area contributed by atoms with Gasteiger partial charge in [-0.15, -0.1) is 11.3 Å². The monoisotopic (exact) mass is 697 g/mol. The van der Waals surface area contributed by atoms with Gasteiger partial charge in [0.05, 0.1) is 23.5 Å². The minimum Gasteiger partial charge on any atom is -0.380 e. The molecule has 7 heterocycles. The summed E-state index contributed by atoms with van der Waals surface area (Å²) < 4.78 is 6.29. The van der Waals surface area contributed by atoms with Crippen molar-refractivity contribution in [2.45, 2.75) is 70.5 Å². The lowest BCUT2D eigenvalue weighted by Crippen LogP contribution is -2.66. The Morgan fingerprint density at radius 1 is 1.12 bits per heavy atom. The number of hydrogen-bond acceptors (Lipinski definition) is 9. The highest BCUT2D eigenvalue weighted by atomic mass is 32.1. The number of likely N-dealkylation sites (tertiary alicyclic amines) is 1. The average Bonchev–Trinajstić information content (AvgIpc) is 3.63. The molecule has 48 heavy (non-hydrogen) atoms. The molecule has 0 saturated carbocycles. The van der Waals surface area contributed by atoms with Crippen LogP contribution in [-0.4, -0.2) is 94.8 Å². The third-order valence-electron chi connectivity index (χ3n) is 9.56. The van der Waals surface area contributed by atoms with Crippen molar-refractivity contribution < 1.29 is 28.9 Å². The molecular weight excluding hydrogens is 649 g/mol. The SMILES string of the molecule is CC.NC(=O)c1cc2cc(CP(O)O)ccc2s1.O=C1CCCCC2CCCN12.O=CN1CC(c2cnccc2N2CC3(COC3)C2)C1. The first-order chi connectivity index (χ1) is 23.2. The summed E-state index contributed by atoms with van der Waals surface area (Å²) in [5, 5.41) is 0.910. The van der Waals surface area contributed by atoms with Gasteiger partial charge in [0.2, 0.25) is 12.3 Å². The van der Waals surface area contributed by atoms with Gasteiger partial charge in [-0.25, -0.2) is 0 Å². The van der Waals surface area contributed by atoms with E-state index < -0.39 is 14.3 Å². The molecule has 0 radical (unpaired) electrons. The molecule has 8 rings (SSSR count). The maximum Gasteiger partial charge on any atom is 0.258 e. The lowest BCUT2D eigenvalue weighted by atomic mass is 9.77. The van der Waals surface area contributed by atoms with Gasteiger partial charge in [0, 0.05) is 85.6 Å². The van der Waals surface area contributed by atoms with E-state index in [0.717, 1.165) is 80.8 Å². The predicted molar refractivity (Wildman–Crippen MR) is 190 cm³/mol. The Balaban J connectivity index is 0.000000142. The third kappa shape index (κ3) is 8.52. The van der Waals surface area contributed by atoms with Gasteiger partial charge in [-0.3, -0.25) is 19.4 Å². The van der Waals surface area contributed by atoms with E-state index in [1.54, 1.807) is 11.0 Å². The van der Waals surface area contributed by atoms with Crippen molar-refractivity contribution in [2.24, 2.45) is 11.1 Å². The number of nitrogens with zero attached hydrogens (tertiary/aromatic N) is 4. The molecular formula is C35H48N5O6PS. The number of hydrogen-bond donors (Lipinski definition) is 3. The Hall–Kier alpha value is -3.15. The number of nitrogens with two attached hydrogens (primary N) is 1. The van der Waals surface area contributed by atoms with Crippen LogP contribution in [0.25, 0.3) is 10.1 Å². The van der Waals surface area contributed by atoms with Crippen LogP contribution in [0.3, 0.4) is 0 Å². The quantitative estimate of drug-likeness (QED) is 0.245. The number of rotatable bonds is 6. The van der Waals surface area contributed by atoms with Crippen LogP contribution in [-0.2, 0) is 20.5 Å². The number of carbonyl (C=O) groups excluding carboxylic acids is 3. The van der Waals surface area contributed by atoms with E-state index in [4.69, 9.17) is 20.3 Å². The summed E-state index contributed by atoms with van der Waals surface area (Å²) in [5.74, 6) is 0.419. The molecule has 0 aliphatic carbocycles. The number of pyridine rings is 1. The zero-order valence-corrected chi connectivity index (χ0v) is 29.6. The van der Waals surface area contributed by atoms with Crippen LogP contribution < -0.4 is 10.6 Å². The number of fused-ring (bicyclic) bond motifs is 2. The van der Waals surface area contributed by atoms with Crippen LogP contribution in [0.2, 0.25) is 0 Å². The number of anilines is 1. The van der Waals surface area contributed by atoms with Crippen LogP contribution in [0.1, 0.15) is 79.1 Å². The van der Waals surface area contributed by atoms with E-state index in [0.29, 0.717) is 28.2 Å². The number of amides is 3. The molecule has 1 spiro atoms. The molecule has 11 nitrogen and oxygen atoms in total. The fourth-order valence-corrected chi connectivity index (χ4v) is 8.46. The molecule has 1 aromatic carbocycles. The Bertz CT molecular complexity index is 1550. The van der Waals surface area contributed by atoms with Gasteiger partial charge in [-0.05, 0) is 60.9 Å². The lowest BCUT2D eigenvalue weighted by Gasteiger charge is -2.56. The van der Waals surface area contributed by atoms with Gasteiger partial charge < -0.3 is 35.0 Å². The first-order valence-corrected chi connectivity index (χ1v) is 19.2. The second-order valence-electron chi connectivity index (χ2n) is 13.0. The topological polar surface area (TPSA) is 150 Å². The largest absolute Gasteiger partial charge is 0.380 e. The number of thiophene rings is 1. The highest BCUT2D eigenvalue weighted by Crippen LogP contribution is 2.43. The molecule has 3 aromatic rings. The van der Waals surface area contributed by atoms with Crippen LogP contribution in [0, 0.1) is 5.41 Å². The molecule has 1 atom stereocenters. The third-order valence-corrected chi connectivity index (χ3v) is 11.3. The molecule has 5 saturated heterocycles. The van der Waals surface area contributed by atoms with Crippen molar-refractivity contribution in [1.29, 1.82) is 0 Å². The van der Waals surface area contributed by atoms with Crippen LogP contribution in [0.5, 0.6) is 0 Å². The fraction of sp³-hybridized carbons (Fsp3) is 0.543. The smallest absolute Gasteiger partial charge is 0.258 e. The summed E-state index contributed by atoms with van der Waals surface area (Å²) in [6, 6.07) is 9.98. The summed E-state index contributed by atoms with van der Waals surface area (Å²) in [4.78, 5) is 62.0. The Morgan fingerprint density at radius 2 is 1.88 bits per heavy atom. The molecule has 1 unspecified atom stereocenters. The van der Waals surface area contributed by atoms with E-state index in [1.807, 2.05) is 44.4 Å². The van der Waals surface area contributed by atoms with E-state index >= 15 is 0 Å². The molecule has 13 heteroatoms. The van der Waals surface area contributed by atoms with Crippen molar-refractivity contribution in [3.63, 3.8) is 0 Å². The number of carbonyl (C=O) groups is 3. The van der Waals surface area contributed by atoms with Crippen LogP contribution >= 0.6 is 19.7 Å². The number of benzene rings is 1. The molecule has 2 aromatic heterocycles. The molecule has 4 N–H and O–H groups in total. The van der Waals surface area contributed by atoms with Gasteiger partial charge in [0.15, 0.2) is 8.38 Å². The minimum atomic E-state index is -1.93. The first-order valence-electron chi connectivity index (χ1n) is 17.0. The van der Waals surface area contributed by atoms with Crippen LogP contribution in [0.4, 0.5) is 5.69 Å². The van der Waals surface area contributed by atoms with Gasteiger partial charge in [-0.1, -0.05) is 26.3 Å². The highest BCUT2D eigenvalue weighted by Gasteiger charge is 2.49. The second kappa shape index (κ2) is 16.5. The van der Waals surface area contributed by atoms with Crippen molar-refractivity contribution in [2.75, 3.05) is 50.8 Å². The van der Waals surface area contributed by atoms with Crippen LogP contribution in [0.15, 0.2) is 42.7 Å². The number of aromatic nitrogens is 1. The van der Waals surface area contributed by atoms with E-state index in [9.17, 15) is 14.4 Å². The molecule has 5 fully saturated rings. The van der Waals surface area contributed by atoms with Crippen molar-refractivity contribution in [3.8, 4) is 0 Å². The summed E-state index contributed by atoms with van der Waals surface area (Å²) in [7, 11) is -1.93. The van der Waals surface area contributed by atoms with E-state index in [1.165, 1.54) is 48.3 Å². The van der Waals surface area contributed by atoms with Gasteiger partial charge >= 0.3 is 0 Å².